The maximum atomic E-state index is 13.7. The number of halogens is 3. The SMILES string of the molecule is Cc1c(C#N)cccc1[C@@H](C)Nc1nnc(C(F)(F)F)c2ncc(N3C4CCC3COC4)cc12. The van der Waals surface area contributed by atoms with Gasteiger partial charge in [-0.05, 0) is 49.9 Å². The maximum absolute atomic E-state index is 13.7. The highest BCUT2D eigenvalue weighted by Crippen LogP contribution is 2.39. The number of morpholine rings is 1. The highest BCUT2D eigenvalue weighted by molar-refractivity contribution is 5.93. The Hall–Kier alpha value is -3.45. The molecule has 2 aromatic heterocycles. The van der Waals surface area contributed by atoms with E-state index in [0.29, 0.717) is 18.8 Å². The van der Waals surface area contributed by atoms with Gasteiger partial charge in [-0.3, -0.25) is 4.98 Å². The summed E-state index contributed by atoms with van der Waals surface area (Å²) in [6.45, 7) is 4.89. The standard InChI is InChI=1S/C24H23F3N6O/c1-13-15(9-28)4-3-5-19(13)14(2)30-23-20-8-18(33-16-6-7-17(33)12-34-11-16)10-29-21(20)22(31-32-23)24(25,26)27/h3-5,8,10,14,16-17H,6-7,11-12H2,1-2H3,(H,30,32)/t14-,16?,17?/m1/s1. The van der Waals surface area contributed by atoms with Crippen molar-refractivity contribution in [3.8, 4) is 6.07 Å². The predicted octanol–water partition coefficient (Wildman–Crippen LogP) is 4.76. The minimum Gasteiger partial charge on any atom is -0.377 e. The van der Waals surface area contributed by atoms with Gasteiger partial charge in [0.1, 0.15) is 5.52 Å². The number of aromatic nitrogens is 3. The van der Waals surface area contributed by atoms with Gasteiger partial charge in [-0.1, -0.05) is 12.1 Å². The molecule has 1 aromatic carbocycles. The van der Waals surface area contributed by atoms with Crippen LogP contribution in [-0.4, -0.2) is 40.5 Å². The second-order valence-corrected chi connectivity index (χ2v) is 8.81. The van der Waals surface area contributed by atoms with Gasteiger partial charge in [-0.2, -0.15) is 18.4 Å². The van der Waals surface area contributed by atoms with Gasteiger partial charge < -0.3 is 15.0 Å². The van der Waals surface area contributed by atoms with Crippen LogP contribution in [0.25, 0.3) is 10.9 Å². The molecule has 0 amide bonds. The van der Waals surface area contributed by atoms with Crippen molar-refractivity contribution in [1.29, 1.82) is 5.26 Å². The Labute approximate surface area is 194 Å². The van der Waals surface area contributed by atoms with Crippen LogP contribution in [-0.2, 0) is 10.9 Å². The van der Waals surface area contributed by atoms with E-state index in [1.807, 2.05) is 19.9 Å². The van der Waals surface area contributed by atoms with E-state index < -0.39 is 11.9 Å². The van der Waals surface area contributed by atoms with Crippen LogP contribution in [0.3, 0.4) is 0 Å². The van der Waals surface area contributed by atoms with Crippen LogP contribution in [0, 0.1) is 18.3 Å². The molecule has 0 saturated carbocycles. The molecule has 2 fully saturated rings. The fraction of sp³-hybridized carbons (Fsp3) is 0.417. The number of hydrogen-bond acceptors (Lipinski definition) is 7. The maximum Gasteiger partial charge on any atom is 0.437 e. The molecule has 2 unspecified atom stereocenters. The second-order valence-electron chi connectivity index (χ2n) is 8.81. The van der Waals surface area contributed by atoms with Crippen LogP contribution in [0.1, 0.15) is 48.2 Å². The van der Waals surface area contributed by atoms with Gasteiger partial charge in [0, 0.05) is 5.39 Å². The summed E-state index contributed by atoms with van der Waals surface area (Å²) in [4.78, 5) is 6.42. The fourth-order valence-corrected chi connectivity index (χ4v) is 5.04. The number of hydrogen-bond donors (Lipinski definition) is 1. The monoisotopic (exact) mass is 468 g/mol. The van der Waals surface area contributed by atoms with Crippen molar-refractivity contribution in [3.05, 3.63) is 52.8 Å². The smallest absolute Gasteiger partial charge is 0.377 e. The molecule has 2 saturated heterocycles. The molecular formula is C24H23F3N6O. The van der Waals surface area contributed by atoms with Crippen LogP contribution in [0.15, 0.2) is 30.5 Å². The highest BCUT2D eigenvalue weighted by Gasteiger charge is 2.39. The number of pyridine rings is 1. The lowest BCUT2D eigenvalue weighted by Gasteiger charge is -2.36. The summed E-state index contributed by atoms with van der Waals surface area (Å²) in [7, 11) is 0. The van der Waals surface area contributed by atoms with Gasteiger partial charge >= 0.3 is 6.18 Å². The van der Waals surface area contributed by atoms with Gasteiger partial charge in [0.2, 0.25) is 0 Å². The number of alkyl halides is 3. The van der Waals surface area contributed by atoms with E-state index in [2.05, 4.69) is 31.5 Å². The number of benzene rings is 1. The first-order valence-electron chi connectivity index (χ1n) is 11.1. The van der Waals surface area contributed by atoms with E-state index in [0.717, 1.165) is 29.7 Å². The minimum atomic E-state index is -4.68. The molecule has 176 valence electrons. The molecule has 2 aliphatic rings. The average molecular weight is 468 g/mol. The van der Waals surface area contributed by atoms with Crippen LogP contribution < -0.4 is 10.2 Å². The van der Waals surface area contributed by atoms with Gasteiger partial charge in [-0.25, -0.2) is 0 Å². The summed E-state index contributed by atoms with van der Waals surface area (Å²) in [5.41, 5.74) is 1.59. The normalized spacial score (nSPS) is 20.9. The Morgan fingerprint density at radius 1 is 1.21 bits per heavy atom. The highest BCUT2D eigenvalue weighted by atomic mass is 19.4. The molecule has 0 radical (unpaired) electrons. The third-order valence-electron chi connectivity index (χ3n) is 6.73. The van der Waals surface area contributed by atoms with Crippen molar-refractivity contribution in [2.24, 2.45) is 0 Å². The van der Waals surface area contributed by atoms with E-state index in [-0.39, 0.29) is 34.8 Å². The van der Waals surface area contributed by atoms with Crippen molar-refractivity contribution >= 4 is 22.4 Å². The first-order chi connectivity index (χ1) is 16.3. The number of rotatable bonds is 4. The zero-order valence-corrected chi connectivity index (χ0v) is 18.7. The number of nitriles is 1. The van der Waals surface area contributed by atoms with Crippen LogP contribution in [0.5, 0.6) is 0 Å². The third-order valence-corrected chi connectivity index (χ3v) is 6.73. The number of anilines is 2. The first-order valence-corrected chi connectivity index (χ1v) is 11.1. The first kappa shape index (κ1) is 22.3. The lowest BCUT2D eigenvalue weighted by molar-refractivity contribution is -0.140. The summed E-state index contributed by atoms with van der Waals surface area (Å²) in [6, 6.07) is 9.30. The number of nitrogens with zero attached hydrogens (tertiary/aromatic N) is 5. The van der Waals surface area contributed by atoms with Gasteiger partial charge in [0.25, 0.3) is 0 Å². The predicted molar refractivity (Wildman–Crippen MR) is 120 cm³/mol. The van der Waals surface area contributed by atoms with Crippen molar-refractivity contribution in [1.82, 2.24) is 15.2 Å². The Kier molecular flexibility index (Phi) is 5.52. The molecule has 3 aromatic rings. The van der Waals surface area contributed by atoms with E-state index in [9.17, 15) is 18.4 Å². The van der Waals surface area contributed by atoms with Crippen molar-refractivity contribution in [2.45, 2.75) is 51.0 Å². The Morgan fingerprint density at radius 2 is 1.94 bits per heavy atom. The lowest BCUT2D eigenvalue weighted by Crippen LogP contribution is -2.46. The fourth-order valence-electron chi connectivity index (χ4n) is 5.04. The minimum absolute atomic E-state index is 0.182. The van der Waals surface area contributed by atoms with Gasteiger partial charge in [0.05, 0.1) is 54.9 Å². The van der Waals surface area contributed by atoms with E-state index in [1.54, 1.807) is 18.2 Å². The molecule has 2 aliphatic heterocycles. The van der Waals surface area contributed by atoms with Gasteiger partial charge in [-0.15, -0.1) is 10.2 Å². The van der Waals surface area contributed by atoms with Crippen LogP contribution in [0.2, 0.25) is 0 Å². The van der Waals surface area contributed by atoms with Crippen molar-refractivity contribution in [3.63, 3.8) is 0 Å². The molecular weight excluding hydrogens is 445 g/mol. The molecule has 4 heterocycles. The summed E-state index contributed by atoms with van der Waals surface area (Å²) in [5.74, 6) is 0.215. The lowest BCUT2D eigenvalue weighted by atomic mass is 9.98. The molecule has 3 atom stereocenters. The molecule has 2 bridgehead atoms. The molecule has 34 heavy (non-hydrogen) atoms. The third kappa shape index (κ3) is 3.80. The Bertz CT molecular complexity index is 1270. The Balaban J connectivity index is 1.59. The second kappa shape index (κ2) is 8.40. The van der Waals surface area contributed by atoms with Crippen LogP contribution in [0.4, 0.5) is 24.7 Å². The van der Waals surface area contributed by atoms with Crippen molar-refractivity contribution < 1.29 is 17.9 Å². The van der Waals surface area contributed by atoms with Gasteiger partial charge in [0.15, 0.2) is 11.5 Å². The summed E-state index contributed by atoms with van der Waals surface area (Å²) in [6.07, 6.45) is -1.24. The largest absolute Gasteiger partial charge is 0.437 e. The zero-order valence-electron chi connectivity index (χ0n) is 18.7. The van der Waals surface area contributed by atoms with E-state index in [4.69, 9.17) is 4.74 Å². The Morgan fingerprint density at radius 3 is 2.62 bits per heavy atom. The molecule has 0 spiro atoms. The number of fused-ring (bicyclic) bond motifs is 3. The number of ether oxygens (including phenoxy) is 1. The summed E-state index contributed by atoms with van der Waals surface area (Å²) in [5, 5.41) is 20.2. The molecule has 5 rings (SSSR count). The van der Waals surface area contributed by atoms with Crippen molar-refractivity contribution in [2.75, 3.05) is 23.4 Å². The average Bonchev–Trinajstić information content (AvgIpc) is 3.06. The molecule has 1 N–H and O–H groups in total. The molecule has 0 aliphatic carbocycles. The molecule has 10 heteroatoms. The summed E-state index contributed by atoms with van der Waals surface area (Å²) >= 11 is 0. The van der Waals surface area contributed by atoms with E-state index >= 15 is 0 Å². The van der Waals surface area contributed by atoms with E-state index in [1.165, 1.54) is 6.20 Å². The quantitative estimate of drug-likeness (QED) is 0.591. The van der Waals surface area contributed by atoms with Crippen LogP contribution >= 0.6 is 0 Å². The molecule has 7 nitrogen and oxygen atoms in total. The zero-order chi connectivity index (χ0) is 24.0. The topological polar surface area (TPSA) is 87.0 Å². The number of nitrogens with one attached hydrogen (secondary N) is 1. The summed E-state index contributed by atoms with van der Waals surface area (Å²) < 4.78 is 46.7.